The first kappa shape index (κ1) is 28.7. The second kappa shape index (κ2) is 19.7. The largest absolute Gasteiger partial charge is 0.103 e. The molecule has 0 aliphatic heterocycles. The molecule has 0 heteroatoms. The van der Waals surface area contributed by atoms with E-state index in [0.29, 0.717) is 17.8 Å². The van der Waals surface area contributed by atoms with Crippen molar-refractivity contribution < 1.29 is 0 Å². The Labute approximate surface area is 190 Å². The minimum atomic E-state index is 0.433. The van der Waals surface area contributed by atoms with Gasteiger partial charge in [0.2, 0.25) is 0 Å². The van der Waals surface area contributed by atoms with E-state index in [2.05, 4.69) is 71.4 Å². The number of allylic oxidation sites excluding steroid dienone is 6. The van der Waals surface area contributed by atoms with Crippen LogP contribution in [0.1, 0.15) is 111 Å². The highest BCUT2D eigenvalue weighted by molar-refractivity contribution is 5.27. The van der Waals surface area contributed by atoms with Crippen molar-refractivity contribution in [2.45, 2.75) is 111 Å². The molecule has 0 aliphatic carbocycles. The lowest BCUT2D eigenvalue weighted by atomic mass is 9.73. The fraction of sp³-hybridized carbons (Fsp3) is 0.667. The molecule has 3 unspecified atom stereocenters. The predicted octanol–water partition coefficient (Wildman–Crippen LogP) is 10.4. The molecule has 0 aromatic carbocycles. The third-order valence-corrected chi connectivity index (χ3v) is 6.49. The van der Waals surface area contributed by atoms with E-state index in [4.69, 9.17) is 0 Å². The maximum atomic E-state index is 4.31. The molecule has 0 amide bonds. The van der Waals surface area contributed by atoms with Gasteiger partial charge in [-0.15, -0.1) is 26.3 Å². The van der Waals surface area contributed by atoms with Crippen LogP contribution in [0, 0.1) is 17.8 Å². The van der Waals surface area contributed by atoms with Gasteiger partial charge in [0.15, 0.2) is 0 Å². The van der Waals surface area contributed by atoms with Gasteiger partial charge in [0.25, 0.3) is 0 Å². The Morgan fingerprint density at radius 2 is 1.30 bits per heavy atom. The molecule has 0 spiro atoms. The molecule has 0 saturated heterocycles. The average molecular weight is 413 g/mol. The number of unbranched alkanes of at least 4 members (excludes halogenated alkanes) is 5. The van der Waals surface area contributed by atoms with Crippen LogP contribution in [0.2, 0.25) is 0 Å². The molecule has 0 aromatic rings. The third-order valence-electron chi connectivity index (χ3n) is 6.49. The highest BCUT2D eigenvalue weighted by Crippen LogP contribution is 2.39. The topological polar surface area (TPSA) is 0 Å². The van der Waals surface area contributed by atoms with Crippen molar-refractivity contribution in [3.63, 3.8) is 0 Å². The van der Waals surface area contributed by atoms with Crippen molar-refractivity contribution in [1.82, 2.24) is 0 Å². The fourth-order valence-electron chi connectivity index (χ4n) is 4.85. The summed E-state index contributed by atoms with van der Waals surface area (Å²) in [5.41, 5.74) is 3.32. The molecule has 0 saturated carbocycles. The lowest BCUT2D eigenvalue weighted by molar-refractivity contribution is 0.385. The molecule has 0 heterocycles. The summed E-state index contributed by atoms with van der Waals surface area (Å²) in [5.74, 6) is 1.66. The van der Waals surface area contributed by atoms with Crippen LogP contribution in [-0.4, -0.2) is 0 Å². The smallest absolute Gasteiger partial charge is 0.00112 e. The van der Waals surface area contributed by atoms with Crippen LogP contribution < -0.4 is 0 Å². The molecule has 172 valence electrons. The van der Waals surface area contributed by atoms with Crippen LogP contribution in [0.3, 0.4) is 0 Å². The van der Waals surface area contributed by atoms with E-state index in [0.717, 1.165) is 19.3 Å². The first-order chi connectivity index (χ1) is 14.6. The highest BCUT2D eigenvalue weighted by Gasteiger charge is 2.26. The summed E-state index contributed by atoms with van der Waals surface area (Å²) in [6, 6.07) is 0. The van der Waals surface area contributed by atoms with E-state index in [9.17, 15) is 0 Å². The number of hydrogen-bond donors (Lipinski definition) is 0. The zero-order valence-corrected chi connectivity index (χ0v) is 20.8. The second-order valence-electron chi connectivity index (χ2n) is 8.91. The van der Waals surface area contributed by atoms with Crippen molar-refractivity contribution in [2.24, 2.45) is 17.8 Å². The first-order valence-electron chi connectivity index (χ1n) is 12.8. The van der Waals surface area contributed by atoms with Crippen molar-refractivity contribution in [1.29, 1.82) is 0 Å². The highest BCUT2D eigenvalue weighted by atomic mass is 14.3. The van der Waals surface area contributed by atoms with Crippen LogP contribution in [0.25, 0.3) is 0 Å². The Kier molecular flexibility index (Phi) is 18.8. The van der Waals surface area contributed by atoms with E-state index in [-0.39, 0.29) is 0 Å². The first-order valence-corrected chi connectivity index (χ1v) is 12.8. The molecule has 0 nitrogen and oxygen atoms in total. The standard InChI is InChI=1S/C30H52/c1-8-15-18-24-27(21-12-5)29(25-19-16-9-2)30(22-13-6)28(14-7)26(20-11-4)23-17-10-3/h11-14,26-28H,4-10,15-25H2,1-3H3. The maximum absolute atomic E-state index is 4.31. The van der Waals surface area contributed by atoms with Gasteiger partial charge in [0.1, 0.15) is 0 Å². The van der Waals surface area contributed by atoms with Crippen LogP contribution in [0.5, 0.6) is 0 Å². The van der Waals surface area contributed by atoms with Gasteiger partial charge in [-0.25, -0.2) is 0 Å². The Morgan fingerprint density at radius 1 is 0.667 bits per heavy atom. The summed E-state index contributed by atoms with van der Waals surface area (Å²) in [6.45, 7) is 23.5. The van der Waals surface area contributed by atoms with Gasteiger partial charge in [-0.3, -0.25) is 0 Å². The fourth-order valence-corrected chi connectivity index (χ4v) is 4.85. The summed E-state index contributed by atoms with van der Waals surface area (Å²) >= 11 is 0. The maximum Gasteiger partial charge on any atom is 0.00112 e. The van der Waals surface area contributed by atoms with Gasteiger partial charge in [0, 0.05) is 5.92 Å². The van der Waals surface area contributed by atoms with E-state index in [1.54, 1.807) is 11.1 Å². The van der Waals surface area contributed by atoms with Gasteiger partial charge >= 0.3 is 0 Å². The molecule has 0 rings (SSSR count). The zero-order valence-electron chi connectivity index (χ0n) is 20.8. The molecule has 0 fully saturated rings. The second-order valence-corrected chi connectivity index (χ2v) is 8.91. The lowest BCUT2D eigenvalue weighted by Crippen LogP contribution is -2.19. The summed E-state index contributed by atoms with van der Waals surface area (Å²) < 4.78 is 0. The molecule has 0 bridgehead atoms. The summed E-state index contributed by atoms with van der Waals surface area (Å²) in [4.78, 5) is 0. The van der Waals surface area contributed by atoms with Gasteiger partial charge in [-0.2, -0.15) is 0 Å². The Bertz CT molecular complexity index is 492. The van der Waals surface area contributed by atoms with Crippen LogP contribution in [0.4, 0.5) is 0 Å². The van der Waals surface area contributed by atoms with Crippen molar-refractivity contribution in [3.8, 4) is 0 Å². The molecule has 0 radical (unpaired) electrons. The van der Waals surface area contributed by atoms with Crippen LogP contribution in [-0.2, 0) is 0 Å². The van der Waals surface area contributed by atoms with Gasteiger partial charge in [-0.1, -0.05) is 101 Å². The molecule has 3 atom stereocenters. The van der Waals surface area contributed by atoms with Crippen molar-refractivity contribution in [3.05, 3.63) is 61.8 Å². The monoisotopic (exact) mass is 412 g/mol. The third kappa shape index (κ3) is 11.2. The van der Waals surface area contributed by atoms with Gasteiger partial charge in [-0.05, 0) is 56.8 Å². The summed E-state index contributed by atoms with van der Waals surface area (Å²) in [6.07, 6.45) is 25.8. The van der Waals surface area contributed by atoms with Crippen LogP contribution >= 0.6 is 0 Å². The van der Waals surface area contributed by atoms with E-state index in [1.165, 1.54) is 70.6 Å². The molecule has 0 aliphatic rings. The van der Waals surface area contributed by atoms with Gasteiger partial charge < -0.3 is 0 Å². The quantitative estimate of drug-likeness (QED) is 0.130. The molecule has 30 heavy (non-hydrogen) atoms. The van der Waals surface area contributed by atoms with E-state index in [1.807, 2.05) is 0 Å². The summed E-state index contributed by atoms with van der Waals surface area (Å²) in [5, 5.41) is 0. The molecule has 0 N–H and O–H groups in total. The van der Waals surface area contributed by atoms with Crippen LogP contribution in [0.15, 0.2) is 61.8 Å². The summed E-state index contributed by atoms with van der Waals surface area (Å²) in [7, 11) is 0. The Hall–Kier alpha value is -1.30. The van der Waals surface area contributed by atoms with Gasteiger partial charge in [0.05, 0.1) is 0 Å². The normalized spacial score (nSPS) is 15.0. The molecular weight excluding hydrogens is 360 g/mol. The number of hydrogen-bond acceptors (Lipinski definition) is 0. The minimum Gasteiger partial charge on any atom is -0.103 e. The van der Waals surface area contributed by atoms with E-state index < -0.39 is 0 Å². The minimum absolute atomic E-state index is 0.433. The number of rotatable bonds is 21. The molecule has 0 aromatic heterocycles. The van der Waals surface area contributed by atoms with E-state index >= 15 is 0 Å². The SMILES string of the molecule is C=CCC(=C(CCCCC)C(CC=C)CCCCC)C(C=C)C(CC=C)CCCC. The lowest BCUT2D eigenvalue weighted by Gasteiger charge is -2.32. The predicted molar refractivity (Wildman–Crippen MR) is 140 cm³/mol. The zero-order chi connectivity index (χ0) is 22.6. The van der Waals surface area contributed by atoms with Crippen molar-refractivity contribution in [2.75, 3.05) is 0 Å². The van der Waals surface area contributed by atoms with Crippen molar-refractivity contribution >= 4 is 0 Å². The average Bonchev–Trinajstić information content (AvgIpc) is 2.75. The Balaban J connectivity index is 6.21. The Morgan fingerprint density at radius 3 is 1.83 bits per heavy atom. The molecular formula is C30H52.